The second-order valence-electron chi connectivity index (χ2n) is 4.67. The van der Waals surface area contributed by atoms with Crippen molar-refractivity contribution in [1.29, 1.82) is 0 Å². The number of nitrogens with one attached hydrogen (secondary N) is 1. The molecular weight excluding hydrogens is 298 g/mol. The molecule has 5 heteroatoms. The molecule has 1 unspecified atom stereocenters. The number of aryl methyl sites for hydroxylation is 1. The lowest BCUT2D eigenvalue weighted by atomic mass is 9.96. The number of rotatable bonds is 4. The lowest BCUT2D eigenvalue weighted by Gasteiger charge is -2.18. The Morgan fingerprint density at radius 2 is 1.90 bits per heavy atom. The smallest absolute Gasteiger partial charge is 0.123 e. The largest absolute Gasteiger partial charge is 0.271 e. The third-order valence-electron chi connectivity index (χ3n) is 3.28. The Morgan fingerprint density at radius 3 is 2.50 bits per heavy atom. The van der Waals surface area contributed by atoms with Gasteiger partial charge in [-0.05, 0) is 54.3 Å². The second kappa shape index (κ2) is 6.55. The molecule has 2 nitrogen and oxygen atoms in total. The van der Waals surface area contributed by atoms with Crippen LogP contribution in [0.5, 0.6) is 0 Å². The molecule has 0 fully saturated rings. The summed E-state index contributed by atoms with van der Waals surface area (Å²) in [6.07, 6.45) is 0.639. The van der Waals surface area contributed by atoms with Crippen LogP contribution < -0.4 is 11.3 Å². The minimum absolute atomic E-state index is 0.117. The number of hydrogen-bond acceptors (Lipinski definition) is 2. The highest BCUT2D eigenvalue weighted by molar-refractivity contribution is 6.42. The zero-order chi connectivity index (χ0) is 14.7. The van der Waals surface area contributed by atoms with Crippen LogP contribution >= 0.6 is 23.2 Å². The van der Waals surface area contributed by atoms with Crippen LogP contribution in [-0.4, -0.2) is 0 Å². The van der Waals surface area contributed by atoms with Gasteiger partial charge in [-0.25, -0.2) is 4.39 Å². The van der Waals surface area contributed by atoms with Gasteiger partial charge in [-0.3, -0.25) is 11.3 Å². The Hall–Kier alpha value is -1.13. The summed E-state index contributed by atoms with van der Waals surface area (Å²) in [6.45, 7) is 1.88. The molecule has 3 N–H and O–H groups in total. The maximum absolute atomic E-state index is 13.1. The van der Waals surface area contributed by atoms with Gasteiger partial charge in [-0.15, -0.1) is 0 Å². The van der Waals surface area contributed by atoms with Gasteiger partial charge in [-0.2, -0.15) is 0 Å². The summed E-state index contributed by atoms with van der Waals surface area (Å²) >= 11 is 11.9. The van der Waals surface area contributed by atoms with Gasteiger partial charge >= 0.3 is 0 Å². The second-order valence-corrected chi connectivity index (χ2v) is 5.48. The molecule has 0 radical (unpaired) electrons. The van der Waals surface area contributed by atoms with E-state index in [1.54, 1.807) is 18.2 Å². The van der Waals surface area contributed by atoms with Crippen LogP contribution in [0.25, 0.3) is 0 Å². The van der Waals surface area contributed by atoms with Crippen LogP contribution in [0.3, 0.4) is 0 Å². The summed E-state index contributed by atoms with van der Waals surface area (Å²) in [7, 11) is 0. The molecule has 0 aliphatic carbocycles. The van der Waals surface area contributed by atoms with Gasteiger partial charge in [-0.1, -0.05) is 35.3 Å². The fourth-order valence-electron chi connectivity index (χ4n) is 2.11. The summed E-state index contributed by atoms with van der Waals surface area (Å²) < 4.78 is 13.1. The van der Waals surface area contributed by atoms with E-state index in [0.717, 1.165) is 16.7 Å². The summed E-state index contributed by atoms with van der Waals surface area (Å²) in [5, 5.41) is 0.990. The molecule has 0 aliphatic rings. The van der Waals surface area contributed by atoms with Gasteiger partial charge in [0, 0.05) is 0 Å². The molecule has 1 atom stereocenters. The molecule has 0 saturated carbocycles. The minimum Gasteiger partial charge on any atom is -0.271 e. The third kappa shape index (κ3) is 3.49. The fourth-order valence-corrected chi connectivity index (χ4v) is 2.42. The van der Waals surface area contributed by atoms with Crippen LogP contribution in [0.4, 0.5) is 4.39 Å². The minimum atomic E-state index is -0.238. The molecule has 0 bridgehead atoms. The van der Waals surface area contributed by atoms with Crippen molar-refractivity contribution in [2.75, 3.05) is 0 Å². The lowest BCUT2D eigenvalue weighted by molar-refractivity contribution is 0.549. The zero-order valence-electron chi connectivity index (χ0n) is 11.0. The van der Waals surface area contributed by atoms with E-state index in [2.05, 4.69) is 5.43 Å². The van der Waals surface area contributed by atoms with Gasteiger partial charge in [0.1, 0.15) is 5.82 Å². The molecule has 0 aromatic heterocycles. The van der Waals surface area contributed by atoms with Gasteiger partial charge in [0.2, 0.25) is 0 Å². The van der Waals surface area contributed by atoms with E-state index in [9.17, 15) is 4.39 Å². The quantitative estimate of drug-likeness (QED) is 0.656. The van der Waals surface area contributed by atoms with Crippen LogP contribution in [0.15, 0.2) is 36.4 Å². The van der Waals surface area contributed by atoms with Crippen LogP contribution in [0.2, 0.25) is 10.0 Å². The average molecular weight is 313 g/mol. The molecule has 2 aromatic carbocycles. The Labute approximate surface area is 127 Å². The van der Waals surface area contributed by atoms with Crippen molar-refractivity contribution in [2.45, 2.75) is 19.4 Å². The molecule has 2 aromatic rings. The van der Waals surface area contributed by atoms with Crippen molar-refractivity contribution < 1.29 is 4.39 Å². The zero-order valence-corrected chi connectivity index (χ0v) is 12.5. The highest BCUT2D eigenvalue weighted by Gasteiger charge is 2.13. The van der Waals surface area contributed by atoms with Crippen molar-refractivity contribution in [1.82, 2.24) is 5.43 Å². The molecular formula is C15H15Cl2FN2. The van der Waals surface area contributed by atoms with Crippen molar-refractivity contribution in [3.8, 4) is 0 Å². The van der Waals surface area contributed by atoms with E-state index in [0.29, 0.717) is 16.5 Å². The first-order valence-corrected chi connectivity index (χ1v) is 6.93. The number of halogens is 3. The highest BCUT2D eigenvalue weighted by Crippen LogP contribution is 2.27. The molecule has 20 heavy (non-hydrogen) atoms. The molecule has 0 spiro atoms. The first-order valence-electron chi connectivity index (χ1n) is 6.17. The van der Waals surface area contributed by atoms with Crippen molar-refractivity contribution in [2.24, 2.45) is 5.84 Å². The normalized spacial score (nSPS) is 12.4. The summed E-state index contributed by atoms with van der Waals surface area (Å²) in [5.74, 6) is 5.38. The van der Waals surface area contributed by atoms with E-state index in [-0.39, 0.29) is 11.9 Å². The Bertz CT molecular complexity index is 617. The fraction of sp³-hybridized carbons (Fsp3) is 0.200. The number of hydrogen-bond donors (Lipinski definition) is 2. The number of hydrazine groups is 1. The molecule has 0 aliphatic heterocycles. The predicted molar refractivity (Wildman–Crippen MR) is 81.4 cm³/mol. The van der Waals surface area contributed by atoms with Crippen molar-refractivity contribution in [3.63, 3.8) is 0 Å². The van der Waals surface area contributed by atoms with E-state index >= 15 is 0 Å². The van der Waals surface area contributed by atoms with Crippen LogP contribution in [0, 0.1) is 12.7 Å². The van der Waals surface area contributed by atoms with E-state index < -0.39 is 0 Å². The van der Waals surface area contributed by atoms with E-state index in [1.165, 1.54) is 12.1 Å². The Balaban J connectivity index is 2.26. The topological polar surface area (TPSA) is 38.0 Å². The Kier molecular flexibility index (Phi) is 5.00. The van der Waals surface area contributed by atoms with Crippen molar-refractivity contribution in [3.05, 3.63) is 69.0 Å². The summed E-state index contributed by atoms with van der Waals surface area (Å²) in [6, 6.07) is 10.0. The maximum Gasteiger partial charge on any atom is 0.123 e. The molecule has 106 valence electrons. The highest BCUT2D eigenvalue weighted by atomic mass is 35.5. The number of nitrogens with two attached hydrogens (primary N) is 1. The summed E-state index contributed by atoms with van der Waals surface area (Å²) in [4.78, 5) is 0. The van der Waals surface area contributed by atoms with Crippen molar-refractivity contribution >= 4 is 23.2 Å². The first-order chi connectivity index (χ1) is 9.51. The third-order valence-corrected chi connectivity index (χ3v) is 4.01. The van der Waals surface area contributed by atoms with Crippen LogP contribution in [0.1, 0.15) is 22.7 Å². The monoisotopic (exact) mass is 312 g/mol. The van der Waals surface area contributed by atoms with Gasteiger partial charge < -0.3 is 0 Å². The summed E-state index contributed by atoms with van der Waals surface area (Å²) in [5.41, 5.74) is 5.62. The standard InChI is InChI=1S/C15H15Cl2FN2/c1-9-6-12(18)4-2-10(9)8-15(20-19)11-3-5-13(16)14(17)7-11/h2-7,15,20H,8,19H2,1H3. The number of benzene rings is 2. The van der Waals surface area contributed by atoms with Crippen LogP contribution in [-0.2, 0) is 6.42 Å². The molecule has 0 amide bonds. The van der Waals surface area contributed by atoms with Gasteiger partial charge in [0.15, 0.2) is 0 Å². The van der Waals surface area contributed by atoms with Gasteiger partial charge in [0.25, 0.3) is 0 Å². The van der Waals surface area contributed by atoms with E-state index in [1.807, 2.05) is 13.0 Å². The SMILES string of the molecule is Cc1cc(F)ccc1CC(NN)c1ccc(Cl)c(Cl)c1. The Morgan fingerprint density at radius 1 is 1.15 bits per heavy atom. The van der Waals surface area contributed by atoms with Gasteiger partial charge in [0.05, 0.1) is 16.1 Å². The first kappa shape index (κ1) is 15.3. The molecule has 0 heterocycles. The predicted octanol–water partition coefficient (Wildman–Crippen LogP) is 4.19. The van der Waals surface area contributed by atoms with E-state index in [4.69, 9.17) is 29.0 Å². The maximum atomic E-state index is 13.1. The molecule has 0 saturated heterocycles. The lowest BCUT2D eigenvalue weighted by Crippen LogP contribution is -2.29. The molecule has 2 rings (SSSR count). The average Bonchev–Trinajstić information content (AvgIpc) is 2.41.